The number of amides is 2. The highest BCUT2D eigenvalue weighted by Crippen LogP contribution is 2.49. The van der Waals surface area contributed by atoms with Crippen LogP contribution in [0.4, 0.5) is 0 Å². The molecule has 2 atom stereocenters. The number of fused-ring (bicyclic) bond motifs is 1. The minimum atomic E-state index is -0.878. The molecule has 0 aromatic heterocycles. The summed E-state index contributed by atoms with van der Waals surface area (Å²) in [7, 11) is 1.41. The second-order valence-corrected chi connectivity index (χ2v) is 9.46. The lowest BCUT2D eigenvalue weighted by Crippen LogP contribution is -2.53. The summed E-state index contributed by atoms with van der Waals surface area (Å²) in [5.74, 6) is -0.576. The monoisotopic (exact) mass is 440 g/mol. The van der Waals surface area contributed by atoms with E-state index in [1.165, 1.54) is 7.11 Å². The van der Waals surface area contributed by atoms with Crippen LogP contribution in [0.2, 0.25) is 0 Å². The van der Waals surface area contributed by atoms with Crippen molar-refractivity contribution in [3.05, 3.63) is 47.7 Å². The van der Waals surface area contributed by atoms with Crippen molar-refractivity contribution in [2.45, 2.75) is 65.3 Å². The molecule has 1 N–H and O–H groups in total. The van der Waals surface area contributed by atoms with Crippen molar-refractivity contribution in [1.29, 1.82) is 0 Å². The number of hydrogen-bond acceptors (Lipinski definition) is 4. The Balaban J connectivity index is 1.91. The zero-order valence-electron chi connectivity index (χ0n) is 19.6. The van der Waals surface area contributed by atoms with Gasteiger partial charge in [-0.05, 0) is 43.6 Å². The van der Waals surface area contributed by atoms with E-state index in [9.17, 15) is 14.4 Å². The molecule has 0 unspecified atom stereocenters. The highest BCUT2D eigenvalue weighted by Gasteiger charge is 2.53. The van der Waals surface area contributed by atoms with Gasteiger partial charge in [0.05, 0.1) is 13.7 Å². The number of benzene rings is 1. The van der Waals surface area contributed by atoms with E-state index in [1.54, 1.807) is 4.90 Å². The quantitative estimate of drug-likeness (QED) is 0.615. The topological polar surface area (TPSA) is 75.7 Å². The molecular formula is C26H36N2O4. The molecule has 1 aliphatic heterocycles. The van der Waals surface area contributed by atoms with E-state index in [0.717, 1.165) is 36.9 Å². The van der Waals surface area contributed by atoms with Gasteiger partial charge in [-0.1, -0.05) is 56.7 Å². The van der Waals surface area contributed by atoms with Gasteiger partial charge in [0.15, 0.2) is 0 Å². The molecule has 6 nitrogen and oxygen atoms in total. The molecule has 1 heterocycles. The van der Waals surface area contributed by atoms with Gasteiger partial charge in [0.25, 0.3) is 0 Å². The number of rotatable bonds is 8. The van der Waals surface area contributed by atoms with Crippen LogP contribution in [0.5, 0.6) is 0 Å². The smallest absolute Gasteiger partial charge is 0.317 e. The van der Waals surface area contributed by atoms with Crippen molar-refractivity contribution < 1.29 is 19.1 Å². The fourth-order valence-electron chi connectivity index (χ4n) is 4.93. The number of nitrogens with one attached hydrogen (secondary N) is 1. The number of nitrogens with zero attached hydrogens (tertiary/aromatic N) is 1. The maximum absolute atomic E-state index is 13.6. The van der Waals surface area contributed by atoms with Crippen LogP contribution in [0.3, 0.4) is 0 Å². The van der Waals surface area contributed by atoms with Crippen LogP contribution in [0.1, 0.15) is 64.4 Å². The second kappa shape index (κ2) is 10.8. The zero-order valence-corrected chi connectivity index (χ0v) is 19.6. The number of esters is 1. The summed E-state index contributed by atoms with van der Waals surface area (Å²) in [5, 5.41) is 2.95. The Morgan fingerprint density at radius 1 is 1.22 bits per heavy atom. The van der Waals surface area contributed by atoms with E-state index in [2.05, 4.69) is 19.2 Å². The number of methoxy groups -OCH3 is 1. The Labute approximate surface area is 191 Å². The van der Waals surface area contributed by atoms with Crippen molar-refractivity contribution >= 4 is 17.8 Å². The van der Waals surface area contributed by atoms with E-state index in [0.29, 0.717) is 31.8 Å². The first-order valence-electron chi connectivity index (χ1n) is 11.8. The first-order chi connectivity index (χ1) is 15.4. The maximum atomic E-state index is 13.6. The molecule has 1 aromatic rings. The minimum absolute atomic E-state index is 0.0828. The fraction of sp³-hybridized carbons (Fsp3) is 0.577. The van der Waals surface area contributed by atoms with Crippen LogP contribution < -0.4 is 5.32 Å². The van der Waals surface area contributed by atoms with Crippen molar-refractivity contribution in [2.75, 3.05) is 13.7 Å². The van der Waals surface area contributed by atoms with Crippen molar-refractivity contribution in [3.8, 4) is 0 Å². The molecule has 2 aliphatic rings. The van der Waals surface area contributed by atoms with Crippen LogP contribution in [-0.2, 0) is 25.7 Å². The molecule has 3 rings (SSSR count). The summed E-state index contributed by atoms with van der Waals surface area (Å²) >= 11 is 0. The van der Waals surface area contributed by atoms with Crippen LogP contribution >= 0.6 is 0 Å². The first-order valence-corrected chi connectivity index (χ1v) is 11.8. The summed E-state index contributed by atoms with van der Waals surface area (Å²) in [4.78, 5) is 41.2. The summed E-state index contributed by atoms with van der Waals surface area (Å²) in [6.45, 7) is 5.20. The highest BCUT2D eigenvalue weighted by molar-refractivity contribution is 5.92. The van der Waals surface area contributed by atoms with E-state index >= 15 is 0 Å². The van der Waals surface area contributed by atoms with Crippen LogP contribution in [0.25, 0.3) is 0 Å². The van der Waals surface area contributed by atoms with Gasteiger partial charge in [0.2, 0.25) is 11.8 Å². The summed E-state index contributed by atoms with van der Waals surface area (Å²) in [6.07, 6.45) is 6.67. The van der Waals surface area contributed by atoms with Crippen LogP contribution in [0, 0.1) is 17.3 Å². The Bertz CT molecular complexity index is 849. The summed E-state index contributed by atoms with van der Waals surface area (Å²) in [6, 6.07) is 9.78. The lowest BCUT2D eigenvalue weighted by Gasteiger charge is -2.46. The van der Waals surface area contributed by atoms with Gasteiger partial charge in [-0.2, -0.15) is 0 Å². The molecule has 0 saturated carbocycles. The third kappa shape index (κ3) is 5.40. The van der Waals surface area contributed by atoms with Gasteiger partial charge in [-0.3, -0.25) is 14.4 Å². The Morgan fingerprint density at radius 2 is 1.97 bits per heavy atom. The van der Waals surface area contributed by atoms with Gasteiger partial charge in [0.1, 0.15) is 5.41 Å². The van der Waals surface area contributed by atoms with Gasteiger partial charge in [-0.15, -0.1) is 0 Å². The number of allylic oxidation sites excluding steroid dienone is 1. The molecule has 1 saturated heterocycles. The Hall–Kier alpha value is -2.63. The lowest BCUT2D eigenvalue weighted by molar-refractivity contribution is -0.160. The van der Waals surface area contributed by atoms with E-state index in [-0.39, 0.29) is 24.2 Å². The zero-order chi connectivity index (χ0) is 23.1. The molecule has 0 radical (unpaired) electrons. The van der Waals surface area contributed by atoms with Gasteiger partial charge in [0, 0.05) is 24.6 Å². The molecule has 174 valence electrons. The summed E-state index contributed by atoms with van der Waals surface area (Å²) in [5.41, 5.74) is 0.871. The van der Waals surface area contributed by atoms with Crippen molar-refractivity contribution in [3.63, 3.8) is 0 Å². The number of likely N-dealkylation sites (tertiary alicyclic amines) is 1. The molecule has 1 aliphatic carbocycles. The largest absolute Gasteiger partial charge is 0.468 e. The van der Waals surface area contributed by atoms with Gasteiger partial charge in [-0.25, -0.2) is 0 Å². The van der Waals surface area contributed by atoms with Gasteiger partial charge < -0.3 is 15.0 Å². The standard InChI is InChI=1S/C26H36N2O4/c1-19(2)13-15-27-23(29)16-21-17-26(25(31)32-3)14-9-5-8-12-22(26)28(24(21)30)18-20-10-6-4-7-11-20/h4,6-7,10-12,19,21H,5,8-9,13-18H2,1-3H3,(H,27,29)/t21-,26-/m0/s1. The number of carbonyl (C=O) groups is 3. The first kappa shape index (κ1) is 24.0. The Kier molecular flexibility index (Phi) is 8.10. The molecule has 0 spiro atoms. The Morgan fingerprint density at radius 3 is 2.66 bits per heavy atom. The number of piperidine rings is 1. The molecule has 1 fully saturated rings. The molecule has 6 heteroatoms. The van der Waals surface area contributed by atoms with E-state index < -0.39 is 11.3 Å². The van der Waals surface area contributed by atoms with Crippen molar-refractivity contribution in [1.82, 2.24) is 10.2 Å². The normalized spacial score (nSPS) is 23.2. The average molecular weight is 441 g/mol. The molecular weight excluding hydrogens is 404 g/mol. The third-order valence-corrected chi connectivity index (χ3v) is 6.62. The van der Waals surface area contributed by atoms with Gasteiger partial charge >= 0.3 is 5.97 Å². The molecule has 32 heavy (non-hydrogen) atoms. The predicted molar refractivity (Wildman–Crippen MR) is 123 cm³/mol. The van der Waals surface area contributed by atoms with E-state index in [4.69, 9.17) is 4.74 Å². The third-order valence-electron chi connectivity index (χ3n) is 6.62. The average Bonchev–Trinajstić information content (AvgIpc) is 2.99. The van der Waals surface area contributed by atoms with Crippen LogP contribution in [0.15, 0.2) is 42.1 Å². The maximum Gasteiger partial charge on any atom is 0.317 e. The fourth-order valence-corrected chi connectivity index (χ4v) is 4.93. The van der Waals surface area contributed by atoms with E-state index in [1.807, 2.05) is 36.4 Å². The number of ether oxygens (including phenoxy) is 1. The van der Waals surface area contributed by atoms with Crippen LogP contribution in [-0.4, -0.2) is 36.3 Å². The van der Waals surface area contributed by atoms with Crippen molar-refractivity contribution in [2.24, 2.45) is 17.3 Å². The highest BCUT2D eigenvalue weighted by atomic mass is 16.5. The summed E-state index contributed by atoms with van der Waals surface area (Å²) < 4.78 is 5.27. The molecule has 2 amide bonds. The predicted octanol–water partition coefficient (Wildman–Crippen LogP) is 4.20. The number of carbonyl (C=O) groups excluding carboxylic acids is 3. The minimum Gasteiger partial charge on any atom is -0.468 e. The molecule has 1 aromatic carbocycles. The number of hydrogen-bond donors (Lipinski definition) is 1. The molecule has 0 bridgehead atoms. The second-order valence-electron chi connectivity index (χ2n) is 9.46. The SMILES string of the molecule is COC(=O)[C@]12CCCCC=C1N(Cc1ccccc1)C(=O)[C@@H](CC(=O)NCCC(C)C)C2. The lowest BCUT2D eigenvalue weighted by atomic mass is 9.69.